The van der Waals surface area contributed by atoms with Crippen molar-refractivity contribution in [2.75, 3.05) is 5.73 Å². The number of carbonyl (C=O) groups excluding carboxylic acids is 1. The van der Waals surface area contributed by atoms with Gasteiger partial charge in [-0.3, -0.25) is 4.79 Å². The molecule has 3 aliphatic carbocycles. The van der Waals surface area contributed by atoms with Crippen LogP contribution in [0.1, 0.15) is 24.8 Å². The number of nitrogen functional groups attached to an aromatic ring is 1. The molecule has 3 saturated carbocycles. The number of hydrogen-bond donors (Lipinski definition) is 2. The molecule has 3 aliphatic rings. The van der Waals surface area contributed by atoms with Gasteiger partial charge in [0.2, 0.25) is 5.91 Å². The molecular weight excluding hydrogens is 236 g/mol. The Morgan fingerprint density at radius 3 is 2.68 bits per heavy atom. The molecule has 0 spiro atoms. The van der Waals surface area contributed by atoms with Crippen molar-refractivity contribution in [1.29, 1.82) is 0 Å². The van der Waals surface area contributed by atoms with E-state index in [1.54, 1.807) is 0 Å². The Kier molecular flexibility index (Phi) is 2.38. The zero-order chi connectivity index (χ0) is 13.0. The maximum absolute atomic E-state index is 12.3. The van der Waals surface area contributed by atoms with Crippen LogP contribution >= 0.6 is 0 Å². The molecule has 0 aliphatic heterocycles. The SMILES string of the molecule is Nc1cccc(CNC(=O)C2C3C4CCC(C4)C23)c1. The molecule has 1 aromatic carbocycles. The predicted octanol–water partition coefficient (Wildman–Crippen LogP) is 2.18. The number of carbonyl (C=O) groups is 1. The predicted molar refractivity (Wildman–Crippen MR) is 74.0 cm³/mol. The number of nitrogens with two attached hydrogens (primary N) is 1. The second-order valence-electron chi connectivity index (χ2n) is 6.48. The summed E-state index contributed by atoms with van der Waals surface area (Å²) in [6, 6.07) is 7.74. The molecular formula is C16H20N2O. The second kappa shape index (κ2) is 3.99. The fourth-order valence-electron chi connectivity index (χ4n) is 4.69. The van der Waals surface area contributed by atoms with E-state index in [-0.39, 0.29) is 5.91 Å². The van der Waals surface area contributed by atoms with Crippen LogP contribution in [0.2, 0.25) is 0 Å². The Labute approximate surface area is 113 Å². The van der Waals surface area contributed by atoms with Gasteiger partial charge >= 0.3 is 0 Å². The highest BCUT2D eigenvalue weighted by Gasteiger charge is 2.67. The first-order chi connectivity index (χ1) is 9.24. The number of nitrogens with one attached hydrogen (secondary N) is 1. The van der Waals surface area contributed by atoms with E-state index < -0.39 is 0 Å². The van der Waals surface area contributed by atoms with Gasteiger partial charge in [-0.25, -0.2) is 0 Å². The summed E-state index contributed by atoms with van der Waals surface area (Å²) in [4.78, 5) is 12.3. The van der Waals surface area contributed by atoms with Crippen molar-refractivity contribution >= 4 is 11.6 Å². The lowest BCUT2D eigenvalue weighted by Gasteiger charge is -2.10. The zero-order valence-electron chi connectivity index (χ0n) is 11.0. The molecule has 4 atom stereocenters. The normalized spacial score (nSPS) is 38.0. The quantitative estimate of drug-likeness (QED) is 0.814. The molecule has 0 radical (unpaired) electrons. The third-order valence-corrected chi connectivity index (χ3v) is 5.46. The van der Waals surface area contributed by atoms with Gasteiger partial charge in [0, 0.05) is 18.2 Å². The molecule has 4 unspecified atom stereocenters. The Balaban J connectivity index is 1.36. The lowest BCUT2D eigenvalue weighted by Crippen LogP contribution is -2.27. The minimum atomic E-state index is 0.272. The van der Waals surface area contributed by atoms with Gasteiger partial charge in [0.05, 0.1) is 0 Å². The molecule has 0 aromatic heterocycles. The molecule has 1 aromatic rings. The standard InChI is InChI=1S/C16H20N2O/c17-12-3-1-2-9(6-12)8-18-16(19)15-13-10-4-5-11(7-10)14(13)15/h1-3,6,10-11,13-15H,4-5,7-8,17H2,(H,18,19). The van der Waals surface area contributed by atoms with Crippen molar-refractivity contribution in [1.82, 2.24) is 5.32 Å². The van der Waals surface area contributed by atoms with E-state index in [9.17, 15) is 4.79 Å². The van der Waals surface area contributed by atoms with Gasteiger partial charge in [-0.05, 0) is 60.6 Å². The molecule has 19 heavy (non-hydrogen) atoms. The van der Waals surface area contributed by atoms with Gasteiger partial charge in [0.1, 0.15) is 0 Å². The molecule has 4 rings (SSSR count). The van der Waals surface area contributed by atoms with Crippen molar-refractivity contribution in [2.45, 2.75) is 25.8 Å². The third kappa shape index (κ3) is 1.75. The summed E-state index contributed by atoms with van der Waals surface area (Å²) in [5.41, 5.74) is 7.59. The number of benzene rings is 1. The van der Waals surface area contributed by atoms with Crippen molar-refractivity contribution in [3.8, 4) is 0 Å². The van der Waals surface area contributed by atoms with E-state index in [0.717, 1.165) is 34.9 Å². The maximum Gasteiger partial charge on any atom is 0.223 e. The first kappa shape index (κ1) is 11.3. The van der Waals surface area contributed by atoms with Crippen molar-refractivity contribution in [2.24, 2.45) is 29.6 Å². The molecule has 3 fully saturated rings. The number of rotatable bonds is 3. The van der Waals surface area contributed by atoms with Crippen LogP contribution in [0.3, 0.4) is 0 Å². The van der Waals surface area contributed by atoms with Crippen LogP contribution in [-0.2, 0) is 11.3 Å². The van der Waals surface area contributed by atoms with Gasteiger partial charge in [-0.1, -0.05) is 12.1 Å². The topological polar surface area (TPSA) is 55.1 Å². The Hall–Kier alpha value is -1.51. The fraction of sp³-hybridized carbons (Fsp3) is 0.562. The highest BCUT2D eigenvalue weighted by atomic mass is 16.2. The summed E-state index contributed by atoms with van der Waals surface area (Å²) in [7, 11) is 0. The average Bonchev–Trinajstić information content (AvgIpc) is 2.85. The lowest BCUT2D eigenvalue weighted by molar-refractivity contribution is -0.123. The number of hydrogen-bond acceptors (Lipinski definition) is 2. The van der Waals surface area contributed by atoms with Gasteiger partial charge in [0.25, 0.3) is 0 Å². The summed E-state index contributed by atoms with van der Waals surface area (Å²) in [5.74, 6) is 3.76. The molecule has 0 heterocycles. The van der Waals surface area contributed by atoms with Gasteiger partial charge in [0.15, 0.2) is 0 Å². The summed E-state index contributed by atoms with van der Waals surface area (Å²) >= 11 is 0. The van der Waals surface area contributed by atoms with Gasteiger partial charge in [-0.15, -0.1) is 0 Å². The summed E-state index contributed by atoms with van der Waals surface area (Å²) in [6.45, 7) is 0.606. The summed E-state index contributed by atoms with van der Waals surface area (Å²) in [6.07, 6.45) is 4.13. The van der Waals surface area contributed by atoms with E-state index in [0.29, 0.717) is 12.5 Å². The Morgan fingerprint density at radius 2 is 2.00 bits per heavy atom. The van der Waals surface area contributed by atoms with E-state index >= 15 is 0 Å². The molecule has 1 amide bonds. The smallest absolute Gasteiger partial charge is 0.223 e. The summed E-state index contributed by atoms with van der Waals surface area (Å²) < 4.78 is 0. The van der Waals surface area contributed by atoms with Gasteiger partial charge in [-0.2, -0.15) is 0 Å². The molecule has 0 saturated heterocycles. The van der Waals surface area contributed by atoms with E-state index in [2.05, 4.69) is 5.32 Å². The van der Waals surface area contributed by atoms with Gasteiger partial charge < -0.3 is 11.1 Å². The highest BCUT2D eigenvalue weighted by Crippen LogP contribution is 2.69. The Bertz CT molecular complexity index is 511. The van der Waals surface area contributed by atoms with Crippen LogP contribution < -0.4 is 11.1 Å². The molecule has 3 N–H and O–H groups in total. The van der Waals surface area contributed by atoms with Crippen molar-refractivity contribution in [3.05, 3.63) is 29.8 Å². The first-order valence-electron chi connectivity index (χ1n) is 7.36. The maximum atomic E-state index is 12.3. The molecule has 3 nitrogen and oxygen atoms in total. The first-order valence-corrected chi connectivity index (χ1v) is 7.36. The van der Waals surface area contributed by atoms with Crippen molar-refractivity contribution in [3.63, 3.8) is 0 Å². The second-order valence-corrected chi connectivity index (χ2v) is 6.48. The Morgan fingerprint density at radius 1 is 1.26 bits per heavy atom. The molecule has 3 heteroatoms. The lowest BCUT2D eigenvalue weighted by atomic mass is 10.0. The van der Waals surface area contributed by atoms with Crippen LogP contribution in [0.4, 0.5) is 5.69 Å². The minimum Gasteiger partial charge on any atom is -0.399 e. The largest absolute Gasteiger partial charge is 0.399 e. The monoisotopic (exact) mass is 256 g/mol. The van der Waals surface area contributed by atoms with Crippen LogP contribution in [0.25, 0.3) is 0 Å². The number of fused-ring (bicyclic) bond motifs is 5. The van der Waals surface area contributed by atoms with Crippen LogP contribution in [-0.4, -0.2) is 5.91 Å². The minimum absolute atomic E-state index is 0.272. The number of amides is 1. The fourth-order valence-corrected chi connectivity index (χ4v) is 4.69. The van der Waals surface area contributed by atoms with Crippen LogP contribution in [0, 0.1) is 29.6 Å². The molecule has 100 valence electrons. The number of anilines is 1. The zero-order valence-corrected chi connectivity index (χ0v) is 11.0. The third-order valence-electron chi connectivity index (χ3n) is 5.46. The molecule has 2 bridgehead atoms. The van der Waals surface area contributed by atoms with E-state index in [4.69, 9.17) is 5.73 Å². The highest BCUT2D eigenvalue weighted by molar-refractivity contribution is 5.82. The van der Waals surface area contributed by atoms with E-state index in [1.165, 1.54) is 19.3 Å². The van der Waals surface area contributed by atoms with E-state index in [1.807, 2.05) is 24.3 Å². The van der Waals surface area contributed by atoms with Crippen LogP contribution in [0.5, 0.6) is 0 Å². The van der Waals surface area contributed by atoms with Crippen molar-refractivity contribution < 1.29 is 4.79 Å². The summed E-state index contributed by atoms with van der Waals surface area (Å²) in [5, 5.41) is 3.09. The average molecular weight is 256 g/mol. The van der Waals surface area contributed by atoms with Crippen LogP contribution in [0.15, 0.2) is 24.3 Å².